The molecule has 0 aromatic carbocycles. The first-order valence-electron chi connectivity index (χ1n) is 10.7. The van der Waals surface area contributed by atoms with E-state index in [1.165, 1.54) is 57.8 Å². The van der Waals surface area contributed by atoms with Gasteiger partial charge in [0.1, 0.15) is 0 Å². The Morgan fingerprint density at radius 3 is 2.04 bits per heavy atom. The molecule has 0 saturated heterocycles. The van der Waals surface area contributed by atoms with Crippen molar-refractivity contribution in [2.24, 2.45) is 0 Å². The van der Waals surface area contributed by atoms with E-state index in [9.17, 15) is 0 Å². The fraction of sp³-hybridized carbons (Fsp3) is 0.609. The summed E-state index contributed by atoms with van der Waals surface area (Å²) >= 11 is 0. The van der Waals surface area contributed by atoms with E-state index in [2.05, 4.69) is 40.9 Å². The molecule has 4 heteroatoms. The smallest absolute Gasteiger partial charge is 0.160 e. The molecular formula is C23H35N3O. The van der Waals surface area contributed by atoms with Crippen molar-refractivity contribution in [2.45, 2.75) is 84.5 Å². The maximum Gasteiger partial charge on any atom is 0.160 e. The van der Waals surface area contributed by atoms with Crippen molar-refractivity contribution >= 4 is 0 Å². The lowest BCUT2D eigenvalue weighted by molar-refractivity contribution is 0.303. The molecule has 0 fully saturated rings. The second-order valence-corrected chi connectivity index (χ2v) is 7.21. The Hall–Kier alpha value is -1.97. The minimum absolute atomic E-state index is 0.701. The molecule has 0 aliphatic carbocycles. The lowest BCUT2D eigenvalue weighted by Crippen LogP contribution is -1.99. The van der Waals surface area contributed by atoms with E-state index >= 15 is 0 Å². The molecule has 0 aliphatic heterocycles. The third-order valence-corrected chi connectivity index (χ3v) is 4.76. The van der Waals surface area contributed by atoms with Crippen molar-refractivity contribution in [3.63, 3.8) is 0 Å². The predicted octanol–water partition coefficient (Wildman–Crippen LogP) is 6.40. The van der Waals surface area contributed by atoms with Crippen molar-refractivity contribution in [2.75, 3.05) is 6.61 Å². The van der Waals surface area contributed by atoms with Gasteiger partial charge in [-0.25, -0.2) is 9.97 Å². The Bertz CT molecular complexity index is 611. The van der Waals surface area contributed by atoms with Crippen LogP contribution in [-0.2, 0) is 6.42 Å². The highest BCUT2D eigenvalue weighted by molar-refractivity contribution is 5.53. The summed E-state index contributed by atoms with van der Waals surface area (Å²) in [5.74, 6) is 1.44. The van der Waals surface area contributed by atoms with Crippen LogP contribution < -0.4 is 4.74 Å². The highest BCUT2D eigenvalue weighted by Crippen LogP contribution is 2.17. The Morgan fingerprint density at radius 2 is 1.37 bits per heavy atom. The summed E-state index contributed by atoms with van der Waals surface area (Å²) in [6.07, 6.45) is 19.1. The van der Waals surface area contributed by atoms with Gasteiger partial charge in [-0.2, -0.15) is 0 Å². The molecule has 148 valence electrons. The number of hydrogen-bond acceptors (Lipinski definition) is 4. The number of hydrogen-bond donors (Lipinski definition) is 0. The monoisotopic (exact) mass is 369 g/mol. The normalized spacial score (nSPS) is 10.9. The van der Waals surface area contributed by atoms with Crippen molar-refractivity contribution in [3.8, 4) is 17.1 Å². The summed E-state index contributed by atoms with van der Waals surface area (Å²) in [6, 6.07) is 4.17. The van der Waals surface area contributed by atoms with Gasteiger partial charge >= 0.3 is 0 Å². The minimum atomic E-state index is 0.701. The molecule has 27 heavy (non-hydrogen) atoms. The van der Waals surface area contributed by atoms with E-state index in [-0.39, 0.29) is 0 Å². The first-order valence-corrected chi connectivity index (χ1v) is 10.7. The van der Waals surface area contributed by atoms with Crippen molar-refractivity contribution in [3.05, 3.63) is 36.4 Å². The molecule has 0 bridgehead atoms. The Morgan fingerprint density at radius 1 is 0.704 bits per heavy atom. The molecule has 0 saturated carbocycles. The van der Waals surface area contributed by atoms with Crippen LogP contribution in [0.2, 0.25) is 0 Å². The van der Waals surface area contributed by atoms with E-state index in [1.54, 1.807) is 12.4 Å². The molecule has 0 unspecified atom stereocenters. The summed E-state index contributed by atoms with van der Waals surface area (Å²) in [6.45, 7) is 5.20. The van der Waals surface area contributed by atoms with Gasteiger partial charge in [-0.05, 0) is 31.4 Å². The third-order valence-electron chi connectivity index (χ3n) is 4.76. The molecular weight excluding hydrogens is 334 g/mol. The van der Waals surface area contributed by atoms with Crippen LogP contribution in [0.4, 0.5) is 0 Å². The number of pyridine rings is 1. The highest BCUT2D eigenvalue weighted by atomic mass is 16.5. The number of unbranched alkanes of at least 4 members (excludes halogenated alkanes) is 8. The molecule has 0 aliphatic rings. The van der Waals surface area contributed by atoms with Gasteiger partial charge in [0, 0.05) is 17.5 Å². The number of aromatic nitrogens is 3. The standard InChI is InChI=1S/C23H35N3O/c1-3-5-7-9-10-11-13-21-15-14-20(17-24-21)23-25-18-22(19-26-23)27-16-12-8-6-4-2/h14-15,17-19H,3-13,16H2,1-2H3. The Kier molecular flexibility index (Phi) is 10.5. The average molecular weight is 370 g/mol. The van der Waals surface area contributed by atoms with Crippen LogP contribution in [0.25, 0.3) is 11.4 Å². The molecule has 0 amide bonds. The minimum Gasteiger partial charge on any atom is -0.490 e. The molecule has 2 aromatic heterocycles. The zero-order valence-electron chi connectivity index (χ0n) is 17.1. The molecule has 2 heterocycles. The van der Waals surface area contributed by atoms with Crippen LogP contribution in [0, 0.1) is 0 Å². The van der Waals surface area contributed by atoms with Gasteiger partial charge in [-0.15, -0.1) is 0 Å². The van der Waals surface area contributed by atoms with Gasteiger partial charge in [0.2, 0.25) is 0 Å². The number of rotatable bonds is 14. The second-order valence-electron chi connectivity index (χ2n) is 7.21. The molecule has 0 spiro atoms. The van der Waals surface area contributed by atoms with Crippen LogP contribution in [0.5, 0.6) is 5.75 Å². The third kappa shape index (κ3) is 8.51. The first kappa shape index (κ1) is 21.3. The quantitative estimate of drug-likeness (QED) is 0.361. The summed E-state index contributed by atoms with van der Waals surface area (Å²) in [7, 11) is 0. The van der Waals surface area contributed by atoms with Gasteiger partial charge in [0.25, 0.3) is 0 Å². The van der Waals surface area contributed by atoms with Gasteiger partial charge in [0.15, 0.2) is 11.6 Å². The summed E-state index contributed by atoms with van der Waals surface area (Å²) in [4.78, 5) is 13.4. The van der Waals surface area contributed by atoms with Crippen LogP contribution in [-0.4, -0.2) is 21.6 Å². The predicted molar refractivity (Wildman–Crippen MR) is 112 cm³/mol. The number of ether oxygens (including phenoxy) is 1. The zero-order valence-corrected chi connectivity index (χ0v) is 17.1. The zero-order chi connectivity index (χ0) is 19.2. The largest absolute Gasteiger partial charge is 0.490 e. The fourth-order valence-corrected chi connectivity index (χ4v) is 3.05. The molecule has 0 atom stereocenters. The van der Waals surface area contributed by atoms with Gasteiger partial charge < -0.3 is 4.74 Å². The molecule has 0 radical (unpaired) electrons. The topological polar surface area (TPSA) is 47.9 Å². The van der Waals surface area contributed by atoms with Gasteiger partial charge in [0.05, 0.1) is 19.0 Å². The maximum atomic E-state index is 5.70. The fourth-order valence-electron chi connectivity index (χ4n) is 3.05. The van der Waals surface area contributed by atoms with E-state index in [4.69, 9.17) is 4.74 Å². The summed E-state index contributed by atoms with van der Waals surface area (Å²) in [5.41, 5.74) is 2.11. The van der Waals surface area contributed by atoms with Crippen LogP contribution in [0.3, 0.4) is 0 Å². The number of aryl methyl sites for hydroxylation is 1. The van der Waals surface area contributed by atoms with Crippen molar-refractivity contribution < 1.29 is 4.74 Å². The van der Waals surface area contributed by atoms with Crippen LogP contribution in [0.15, 0.2) is 30.7 Å². The van der Waals surface area contributed by atoms with E-state index < -0.39 is 0 Å². The summed E-state index contributed by atoms with van der Waals surface area (Å²) < 4.78 is 5.70. The second kappa shape index (κ2) is 13.2. The van der Waals surface area contributed by atoms with E-state index in [0.29, 0.717) is 5.82 Å². The van der Waals surface area contributed by atoms with Crippen molar-refractivity contribution in [1.29, 1.82) is 0 Å². The lowest BCUT2D eigenvalue weighted by Gasteiger charge is -2.06. The highest BCUT2D eigenvalue weighted by Gasteiger charge is 2.04. The Balaban J connectivity index is 1.74. The first-order chi connectivity index (χ1) is 13.3. The SMILES string of the molecule is CCCCCCCCc1ccc(-c2ncc(OCCCCCC)cn2)cn1. The summed E-state index contributed by atoms with van der Waals surface area (Å²) in [5, 5.41) is 0. The van der Waals surface area contributed by atoms with Gasteiger partial charge in [-0.3, -0.25) is 4.98 Å². The Labute approximate surface area is 164 Å². The maximum absolute atomic E-state index is 5.70. The van der Waals surface area contributed by atoms with Crippen LogP contribution in [0.1, 0.15) is 83.7 Å². The van der Waals surface area contributed by atoms with Crippen molar-refractivity contribution in [1.82, 2.24) is 15.0 Å². The van der Waals surface area contributed by atoms with E-state index in [0.717, 1.165) is 36.5 Å². The van der Waals surface area contributed by atoms with Gasteiger partial charge in [-0.1, -0.05) is 65.2 Å². The average Bonchev–Trinajstić information content (AvgIpc) is 2.71. The molecule has 2 aromatic rings. The molecule has 0 N–H and O–H groups in total. The van der Waals surface area contributed by atoms with Crippen LogP contribution >= 0.6 is 0 Å². The molecule has 2 rings (SSSR count). The number of nitrogens with zero attached hydrogens (tertiary/aromatic N) is 3. The lowest BCUT2D eigenvalue weighted by atomic mass is 10.1. The van der Waals surface area contributed by atoms with E-state index in [1.807, 2.05) is 6.20 Å². The molecule has 4 nitrogen and oxygen atoms in total.